The molecule has 2 rings (SSSR count). The minimum absolute atomic E-state index is 0.324. The third-order valence-corrected chi connectivity index (χ3v) is 3.19. The lowest BCUT2D eigenvalue weighted by Crippen LogP contribution is -2.18. The molecule has 0 bridgehead atoms. The van der Waals surface area contributed by atoms with Gasteiger partial charge in [-0.1, -0.05) is 28.1 Å². The summed E-state index contributed by atoms with van der Waals surface area (Å²) < 4.78 is 16.3. The van der Waals surface area contributed by atoms with E-state index in [9.17, 15) is 4.39 Å². The van der Waals surface area contributed by atoms with Crippen LogP contribution in [0.1, 0.15) is 30.6 Å². The first-order chi connectivity index (χ1) is 8.63. The number of hydrogen-bond acceptors (Lipinski definition) is 3. The molecule has 2 aromatic rings. The van der Waals surface area contributed by atoms with Crippen LogP contribution in [0, 0.1) is 5.82 Å². The molecule has 1 aromatic heterocycles. The van der Waals surface area contributed by atoms with Crippen molar-refractivity contribution >= 4 is 15.9 Å². The zero-order valence-corrected chi connectivity index (χ0v) is 11.6. The van der Waals surface area contributed by atoms with Crippen LogP contribution >= 0.6 is 15.9 Å². The van der Waals surface area contributed by atoms with Gasteiger partial charge in [-0.15, -0.1) is 5.10 Å². The van der Waals surface area contributed by atoms with Gasteiger partial charge in [-0.05, 0) is 24.6 Å². The first kappa shape index (κ1) is 13.2. The summed E-state index contributed by atoms with van der Waals surface area (Å²) in [5, 5.41) is 7.80. The largest absolute Gasteiger partial charge is 0.319 e. The molecule has 0 radical (unpaired) electrons. The molecule has 1 aromatic carbocycles. The normalized spacial score (nSPS) is 12.7. The lowest BCUT2D eigenvalue weighted by atomic mass is 10.0. The molecule has 1 unspecified atom stereocenters. The Labute approximate surface area is 113 Å². The molecule has 2 N–H and O–H groups in total. The van der Waals surface area contributed by atoms with Gasteiger partial charge in [0.1, 0.15) is 5.82 Å². The Kier molecular flexibility index (Phi) is 4.08. The molecule has 0 aliphatic rings. The summed E-state index contributed by atoms with van der Waals surface area (Å²) in [6, 6.07) is 4.16. The molecule has 0 fully saturated rings. The average Bonchev–Trinajstić information content (AvgIpc) is 2.80. The maximum Gasteiger partial charge on any atom is 0.128 e. The number of nitrogens with two attached hydrogens (primary N) is 1. The van der Waals surface area contributed by atoms with Gasteiger partial charge < -0.3 is 5.73 Å². The fourth-order valence-electron chi connectivity index (χ4n) is 1.80. The molecule has 6 heteroatoms. The Morgan fingerprint density at radius 2 is 2.28 bits per heavy atom. The van der Waals surface area contributed by atoms with Gasteiger partial charge >= 0.3 is 0 Å². The Hall–Kier alpha value is -1.27. The highest BCUT2D eigenvalue weighted by molar-refractivity contribution is 9.10. The topological polar surface area (TPSA) is 56.7 Å². The molecule has 0 amide bonds. The van der Waals surface area contributed by atoms with E-state index in [0.717, 1.165) is 17.4 Å². The van der Waals surface area contributed by atoms with Crippen LogP contribution in [0.4, 0.5) is 4.39 Å². The van der Waals surface area contributed by atoms with Gasteiger partial charge in [-0.3, -0.25) is 0 Å². The highest BCUT2D eigenvalue weighted by atomic mass is 79.9. The molecule has 0 aliphatic carbocycles. The lowest BCUT2D eigenvalue weighted by molar-refractivity contribution is 0.533. The van der Waals surface area contributed by atoms with Crippen molar-refractivity contribution in [3.63, 3.8) is 0 Å². The minimum atomic E-state index is -0.566. The number of hydrogen-bond donors (Lipinski definition) is 1. The molecule has 0 saturated heterocycles. The average molecular weight is 313 g/mol. The van der Waals surface area contributed by atoms with Crippen LogP contribution < -0.4 is 5.73 Å². The van der Waals surface area contributed by atoms with Crippen molar-refractivity contribution in [2.24, 2.45) is 5.73 Å². The van der Waals surface area contributed by atoms with Crippen LogP contribution in [0.2, 0.25) is 0 Å². The van der Waals surface area contributed by atoms with E-state index in [1.165, 1.54) is 6.07 Å². The SMILES string of the molecule is CCCn1nncc1C(N)c1cc(Br)ccc1F. The Bertz CT molecular complexity index is 541. The predicted molar refractivity (Wildman–Crippen MR) is 70.4 cm³/mol. The van der Waals surface area contributed by atoms with E-state index in [2.05, 4.69) is 26.2 Å². The monoisotopic (exact) mass is 312 g/mol. The molecule has 18 heavy (non-hydrogen) atoms. The van der Waals surface area contributed by atoms with Gasteiger partial charge in [0.05, 0.1) is 17.9 Å². The Morgan fingerprint density at radius 3 is 3.00 bits per heavy atom. The third kappa shape index (κ3) is 2.59. The molecule has 96 valence electrons. The summed E-state index contributed by atoms with van der Waals surface area (Å²) in [4.78, 5) is 0. The van der Waals surface area contributed by atoms with Gasteiger partial charge in [0, 0.05) is 16.6 Å². The van der Waals surface area contributed by atoms with Crippen LogP contribution in [0.15, 0.2) is 28.9 Å². The van der Waals surface area contributed by atoms with E-state index < -0.39 is 6.04 Å². The number of nitrogens with zero attached hydrogens (tertiary/aromatic N) is 3. The summed E-state index contributed by atoms with van der Waals surface area (Å²) in [7, 11) is 0. The lowest BCUT2D eigenvalue weighted by Gasteiger charge is -2.14. The van der Waals surface area contributed by atoms with Crippen molar-refractivity contribution in [1.29, 1.82) is 0 Å². The standard InChI is InChI=1S/C12H14BrFN4/c1-2-5-18-11(7-16-17-18)12(15)9-6-8(13)3-4-10(9)14/h3-4,6-7,12H,2,5,15H2,1H3. The zero-order valence-electron chi connectivity index (χ0n) is 9.98. The zero-order chi connectivity index (χ0) is 13.1. The molecule has 4 nitrogen and oxygen atoms in total. The fourth-order valence-corrected chi connectivity index (χ4v) is 2.18. The Balaban J connectivity index is 2.38. The summed E-state index contributed by atoms with van der Waals surface area (Å²) >= 11 is 3.32. The van der Waals surface area contributed by atoms with Crippen molar-refractivity contribution in [2.45, 2.75) is 25.9 Å². The smallest absolute Gasteiger partial charge is 0.128 e. The van der Waals surface area contributed by atoms with E-state index in [1.807, 2.05) is 6.92 Å². The number of benzene rings is 1. The molecule has 1 atom stereocenters. The van der Waals surface area contributed by atoms with E-state index in [4.69, 9.17) is 5.73 Å². The van der Waals surface area contributed by atoms with Gasteiger partial charge in [0.15, 0.2) is 0 Å². The first-order valence-corrected chi connectivity index (χ1v) is 6.51. The third-order valence-electron chi connectivity index (χ3n) is 2.69. The van der Waals surface area contributed by atoms with Crippen LogP contribution in [0.5, 0.6) is 0 Å². The maximum absolute atomic E-state index is 13.8. The van der Waals surface area contributed by atoms with Crippen LogP contribution in [-0.2, 0) is 6.54 Å². The van der Waals surface area contributed by atoms with Crippen molar-refractivity contribution in [3.05, 3.63) is 45.9 Å². The van der Waals surface area contributed by atoms with Crippen molar-refractivity contribution < 1.29 is 4.39 Å². The first-order valence-electron chi connectivity index (χ1n) is 5.72. The van der Waals surface area contributed by atoms with Crippen molar-refractivity contribution in [1.82, 2.24) is 15.0 Å². The van der Waals surface area contributed by atoms with Crippen LogP contribution in [-0.4, -0.2) is 15.0 Å². The van der Waals surface area contributed by atoms with Crippen LogP contribution in [0.25, 0.3) is 0 Å². The highest BCUT2D eigenvalue weighted by Crippen LogP contribution is 2.24. The molecular formula is C12H14BrFN4. The van der Waals surface area contributed by atoms with Gasteiger partial charge in [0.25, 0.3) is 0 Å². The van der Waals surface area contributed by atoms with Gasteiger partial charge in [-0.25, -0.2) is 9.07 Å². The van der Waals surface area contributed by atoms with E-state index in [-0.39, 0.29) is 5.82 Å². The maximum atomic E-state index is 13.8. The molecule has 0 spiro atoms. The molecular weight excluding hydrogens is 299 g/mol. The highest BCUT2D eigenvalue weighted by Gasteiger charge is 2.18. The van der Waals surface area contributed by atoms with Gasteiger partial charge in [-0.2, -0.15) is 0 Å². The van der Waals surface area contributed by atoms with Crippen LogP contribution in [0.3, 0.4) is 0 Å². The summed E-state index contributed by atoms with van der Waals surface area (Å²) in [5.74, 6) is -0.324. The summed E-state index contributed by atoms with van der Waals surface area (Å²) in [6.07, 6.45) is 2.50. The predicted octanol–water partition coefficient (Wildman–Crippen LogP) is 2.64. The second-order valence-electron chi connectivity index (χ2n) is 4.03. The number of rotatable bonds is 4. The second-order valence-corrected chi connectivity index (χ2v) is 4.94. The second kappa shape index (κ2) is 5.58. The molecule has 1 heterocycles. The molecule has 0 aliphatic heterocycles. The fraction of sp³-hybridized carbons (Fsp3) is 0.333. The number of halogens is 2. The van der Waals surface area contributed by atoms with E-state index in [0.29, 0.717) is 11.3 Å². The van der Waals surface area contributed by atoms with Gasteiger partial charge in [0.2, 0.25) is 0 Å². The number of aromatic nitrogens is 3. The van der Waals surface area contributed by atoms with E-state index >= 15 is 0 Å². The number of aryl methyl sites for hydroxylation is 1. The quantitative estimate of drug-likeness (QED) is 0.944. The minimum Gasteiger partial charge on any atom is -0.319 e. The summed E-state index contributed by atoms with van der Waals surface area (Å²) in [6.45, 7) is 2.76. The van der Waals surface area contributed by atoms with Crippen molar-refractivity contribution in [3.8, 4) is 0 Å². The van der Waals surface area contributed by atoms with Crippen molar-refractivity contribution in [2.75, 3.05) is 0 Å². The van der Waals surface area contributed by atoms with E-state index in [1.54, 1.807) is 23.0 Å². The summed E-state index contributed by atoms with van der Waals surface area (Å²) in [5.41, 5.74) is 7.25. The Morgan fingerprint density at radius 1 is 1.50 bits per heavy atom. The molecule has 0 saturated carbocycles.